The smallest absolute Gasteiger partial charge is 0.358 e. The van der Waals surface area contributed by atoms with Gasteiger partial charge in [-0.2, -0.15) is 13.7 Å². The minimum Gasteiger partial charge on any atom is -0.465 e. The van der Waals surface area contributed by atoms with Crippen molar-refractivity contribution in [2.75, 3.05) is 7.11 Å². The molecule has 0 fully saturated rings. The van der Waals surface area contributed by atoms with E-state index < -0.39 is 16.1 Å². The van der Waals surface area contributed by atoms with Crippen molar-refractivity contribution in [3.63, 3.8) is 0 Å². The Labute approximate surface area is 197 Å². The fourth-order valence-corrected chi connectivity index (χ4v) is 4.69. The first kappa shape index (κ1) is 24.3. The maximum absolute atomic E-state index is 12.5. The van der Waals surface area contributed by atoms with Crippen LogP contribution in [0.2, 0.25) is 0 Å². The largest absolute Gasteiger partial charge is 0.465 e. The Kier molecular flexibility index (Phi) is 7.74. The summed E-state index contributed by atoms with van der Waals surface area (Å²) >= 11 is 1.07. The predicted molar refractivity (Wildman–Crippen MR) is 128 cm³/mol. The first-order valence-corrected chi connectivity index (χ1v) is 12.3. The summed E-state index contributed by atoms with van der Waals surface area (Å²) in [6, 6.07) is 15.2. The molecule has 0 aromatic heterocycles. The maximum atomic E-state index is 12.5. The molecule has 1 atom stereocenters. The van der Waals surface area contributed by atoms with Crippen LogP contribution in [0.3, 0.4) is 0 Å². The number of ether oxygens (including phenoxy) is 1. The Balaban J connectivity index is 1.81. The summed E-state index contributed by atoms with van der Waals surface area (Å²) in [6.07, 6.45) is 4.11. The molecule has 1 aliphatic heterocycles. The number of oxime groups is 1. The van der Waals surface area contributed by atoms with Crippen LogP contribution in [-0.2, 0) is 19.1 Å². The number of hydrogen-bond acceptors (Lipinski definition) is 8. The fourth-order valence-electron chi connectivity index (χ4n) is 3.08. The minimum atomic E-state index is -4.09. The minimum absolute atomic E-state index is 0.00589. The molecule has 1 aliphatic rings. The molecule has 2 aromatic carbocycles. The van der Waals surface area contributed by atoms with E-state index in [2.05, 4.69) is 25.1 Å². The van der Waals surface area contributed by atoms with E-state index in [-0.39, 0.29) is 21.1 Å². The zero-order valence-electron chi connectivity index (χ0n) is 18.3. The average Bonchev–Trinajstić information content (AvgIpc) is 3.31. The number of methoxy groups -OCH3 is 1. The highest BCUT2D eigenvalue weighted by Gasteiger charge is 2.22. The van der Waals surface area contributed by atoms with Crippen molar-refractivity contribution >= 4 is 38.5 Å². The SMILES string of the molecule is CCC(C)c1ccc(S(=O)(=O)ON=C2C=C/C(=C(\C#N)c3ccccc3C(=O)OC)S2)cc1. The van der Waals surface area contributed by atoms with E-state index in [0.717, 1.165) is 23.7 Å². The Morgan fingerprint density at radius 1 is 1.12 bits per heavy atom. The Bertz CT molecular complexity index is 1290. The molecule has 1 heterocycles. The van der Waals surface area contributed by atoms with E-state index >= 15 is 0 Å². The third-order valence-electron chi connectivity index (χ3n) is 5.13. The Morgan fingerprint density at radius 3 is 2.39 bits per heavy atom. The van der Waals surface area contributed by atoms with Crippen LogP contribution in [-0.4, -0.2) is 26.5 Å². The number of benzene rings is 2. The molecule has 2 aromatic rings. The van der Waals surface area contributed by atoms with Crippen LogP contribution in [0.25, 0.3) is 5.57 Å². The zero-order chi connectivity index (χ0) is 24.0. The lowest BCUT2D eigenvalue weighted by Crippen LogP contribution is -2.05. The van der Waals surface area contributed by atoms with Gasteiger partial charge >= 0.3 is 16.1 Å². The van der Waals surface area contributed by atoms with Crippen molar-refractivity contribution in [1.82, 2.24) is 0 Å². The molecule has 0 saturated carbocycles. The van der Waals surface area contributed by atoms with Crippen LogP contribution in [0.5, 0.6) is 0 Å². The third kappa shape index (κ3) is 5.53. The highest BCUT2D eigenvalue weighted by molar-refractivity contribution is 8.18. The lowest BCUT2D eigenvalue weighted by Gasteiger charge is -2.09. The molecule has 0 spiro atoms. The summed E-state index contributed by atoms with van der Waals surface area (Å²) in [5.41, 5.74) is 1.95. The fraction of sp³-hybridized carbons (Fsp3) is 0.208. The molecule has 0 saturated heterocycles. The van der Waals surface area contributed by atoms with Gasteiger partial charge in [-0.15, -0.1) is 0 Å². The van der Waals surface area contributed by atoms with Crippen molar-refractivity contribution in [3.05, 3.63) is 82.3 Å². The molecular formula is C24H22N2O5S2. The van der Waals surface area contributed by atoms with Crippen LogP contribution in [0.15, 0.2) is 75.6 Å². The molecule has 0 bridgehead atoms. The number of allylic oxidation sites excluding steroid dienone is 2. The number of thioether (sulfide) groups is 1. The van der Waals surface area contributed by atoms with Gasteiger partial charge in [0.2, 0.25) is 0 Å². The quantitative estimate of drug-likeness (QED) is 0.302. The van der Waals surface area contributed by atoms with Crippen LogP contribution < -0.4 is 0 Å². The maximum Gasteiger partial charge on any atom is 0.358 e. The highest BCUT2D eigenvalue weighted by atomic mass is 32.2. The first-order chi connectivity index (χ1) is 15.8. The molecule has 0 amide bonds. The second kappa shape index (κ2) is 10.5. The van der Waals surface area contributed by atoms with Crippen molar-refractivity contribution in [3.8, 4) is 6.07 Å². The van der Waals surface area contributed by atoms with Crippen molar-refractivity contribution in [1.29, 1.82) is 5.26 Å². The normalized spacial score (nSPS) is 16.8. The van der Waals surface area contributed by atoms with E-state index in [1.165, 1.54) is 19.2 Å². The van der Waals surface area contributed by atoms with Gasteiger partial charge in [-0.05, 0) is 48.3 Å². The molecule has 0 N–H and O–H groups in total. The topological polar surface area (TPSA) is 106 Å². The molecule has 1 unspecified atom stereocenters. The van der Waals surface area contributed by atoms with Gasteiger partial charge in [0.25, 0.3) is 0 Å². The summed E-state index contributed by atoms with van der Waals surface area (Å²) in [5.74, 6) is -0.236. The number of nitriles is 1. The second-order valence-corrected chi connectivity index (χ2v) is 9.75. The van der Waals surface area contributed by atoms with E-state index in [1.54, 1.807) is 48.6 Å². The standard InChI is InChI=1S/C24H22N2O5S2/c1-4-16(2)17-9-11-18(12-10-17)33(28,29)31-26-23-14-13-22(32-23)21(15-25)19-7-5-6-8-20(19)24(27)30-3/h5-14,16H,4H2,1-3H3/b22-21-,26-23?. The van der Waals surface area contributed by atoms with E-state index in [1.807, 2.05) is 0 Å². The molecule has 170 valence electrons. The number of carbonyl (C=O) groups is 1. The van der Waals surface area contributed by atoms with Crippen LogP contribution in [0.1, 0.15) is 47.7 Å². The molecular weight excluding hydrogens is 460 g/mol. The Hall–Kier alpha value is -3.35. The lowest BCUT2D eigenvalue weighted by atomic mass is 9.99. The van der Waals surface area contributed by atoms with Crippen LogP contribution >= 0.6 is 11.8 Å². The number of hydrogen-bond donors (Lipinski definition) is 0. The van der Waals surface area contributed by atoms with Crippen LogP contribution in [0, 0.1) is 11.3 Å². The van der Waals surface area contributed by atoms with Gasteiger partial charge in [-0.3, -0.25) is 4.28 Å². The van der Waals surface area contributed by atoms with Gasteiger partial charge < -0.3 is 4.74 Å². The van der Waals surface area contributed by atoms with Gasteiger partial charge in [-0.1, -0.05) is 61.1 Å². The monoisotopic (exact) mass is 482 g/mol. The van der Waals surface area contributed by atoms with Gasteiger partial charge in [0.05, 0.1) is 18.2 Å². The third-order valence-corrected chi connectivity index (χ3v) is 7.23. The van der Waals surface area contributed by atoms with E-state index in [4.69, 9.17) is 9.02 Å². The summed E-state index contributed by atoms with van der Waals surface area (Å²) in [7, 11) is -2.82. The second-order valence-electron chi connectivity index (χ2n) is 7.16. The van der Waals surface area contributed by atoms with Crippen molar-refractivity contribution in [2.24, 2.45) is 5.16 Å². The van der Waals surface area contributed by atoms with Crippen LogP contribution in [0.4, 0.5) is 0 Å². The number of nitrogens with zero attached hydrogens (tertiary/aromatic N) is 2. The van der Waals surface area contributed by atoms with Gasteiger partial charge in [0.15, 0.2) is 0 Å². The molecule has 33 heavy (non-hydrogen) atoms. The summed E-state index contributed by atoms with van der Waals surface area (Å²) < 4.78 is 34.7. The van der Waals surface area contributed by atoms with E-state index in [0.29, 0.717) is 16.4 Å². The van der Waals surface area contributed by atoms with Gasteiger partial charge in [0, 0.05) is 10.5 Å². The number of rotatable bonds is 7. The van der Waals surface area contributed by atoms with Gasteiger partial charge in [0.1, 0.15) is 16.0 Å². The van der Waals surface area contributed by atoms with Crippen molar-refractivity contribution in [2.45, 2.75) is 31.1 Å². The predicted octanol–water partition coefficient (Wildman–Crippen LogP) is 5.24. The number of esters is 1. The van der Waals surface area contributed by atoms with Crippen molar-refractivity contribution < 1.29 is 22.2 Å². The summed E-state index contributed by atoms with van der Waals surface area (Å²) in [4.78, 5) is 12.6. The number of carbonyl (C=O) groups excluding carboxylic acids is 1. The molecule has 9 heteroatoms. The van der Waals surface area contributed by atoms with E-state index in [9.17, 15) is 18.5 Å². The summed E-state index contributed by atoms with van der Waals surface area (Å²) in [5, 5.41) is 13.7. The molecule has 7 nitrogen and oxygen atoms in total. The first-order valence-electron chi connectivity index (χ1n) is 10.1. The summed E-state index contributed by atoms with van der Waals surface area (Å²) in [6.45, 7) is 4.13. The molecule has 3 rings (SSSR count). The van der Waals surface area contributed by atoms with Gasteiger partial charge in [-0.25, -0.2) is 4.79 Å². The molecule has 0 radical (unpaired) electrons. The average molecular weight is 483 g/mol. The zero-order valence-corrected chi connectivity index (χ0v) is 19.9. The molecule has 0 aliphatic carbocycles. The highest BCUT2D eigenvalue weighted by Crippen LogP contribution is 2.35. The Morgan fingerprint density at radius 2 is 1.79 bits per heavy atom. The lowest BCUT2D eigenvalue weighted by molar-refractivity contribution is 0.0600.